The smallest absolute Gasteiger partial charge is 0.166 e. The van der Waals surface area contributed by atoms with Crippen LogP contribution in [0.2, 0.25) is 0 Å². The summed E-state index contributed by atoms with van der Waals surface area (Å²) >= 11 is 1.74. The fourth-order valence-corrected chi connectivity index (χ4v) is 2.54. The predicted octanol–water partition coefficient (Wildman–Crippen LogP) is 1.84. The largest absolute Gasteiger partial charge is 0.368 e. The van der Waals surface area contributed by atoms with Gasteiger partial charge in [0.15, 0.2) is 6.29 Å². The van der Waals surface area contributed by atoms with Crippen LogP contribution < -0.4 is 5.32 Å². The summed E-state index contributed by atoms with van der Waals surface area (Å²) in [5.41, 5.74) is 0. The quantitative estimate of drug-likeness (QED) is 0.508. The second-order valence-electron chi connectivity index (χ2n) is 3.94. The van der Waals surface area contributed by atoms with Gasteiger partial charge in [-0.25, -0.2) is 0 Å². The van der Waals surface area contributed by atoms with Crippen LogP contribution in [0.1, 0.15) is 26.7 Å². The van der Waals surface area contributed by atoms with Crippen molar-refractivity contribution in [3.8, 4) is 0 Å². The van der Waals surface area contributed by atoms with Crippen molar-refractivity contribution < 1.29 is 14.2 Å². The summed E-state index contributed by atoms with van der Waals surface area (Å²) in [6.07, 6.45) is 2.59. The SMILES string of the molecule is CCOC(CSCOC1CCNCC1)OCC. The average molecular weight is 263 g/mol. The van der Waals surface area contributed by atoms with E-state index in [9.17, 15) is 0 Å². The van der Waals surface area contributed by atoms with Crippen molar-refractivity contribution in [2.75, 3.05) is 38.0 Å². The van der Waals surface area contributed by atoms with Crippen LogP contribution in [0.3, 0.4) is 0 Å². The van der Waals surface area contributed by atoms with E-state index < -0.39 is 0 Å². The fraction of sp³-hybridized carbons (Fsp3) is 1.00. The van der Waals surface area contributed by atoms with Crippen LogP contribution >= 0.6 is 11.8 Å². The Morgan fingerprint density at radius 2 is 1.82 bits per heavy atom. The van der Waals surface area contributed by atoms with Gasteiger partial charge in [-0.15, -0.1) is 11.8 Å². The summed E-state index contributed by atoms with van der Waals surface area (Å²) in [6.45, 7) is 7.52. The van der Waals surface area contributed by atoms with Gasteiger partial charge in [0, 0.05) is 19.0 Å². The number of nitrogens with one attached hydrogen (secondary N) is 1. The minimum atomic E-state index is -0.0911. The highest BCUT2D eigenvalue weighted by Gasteiger charge is 2.13. The fourth-order valence-electron chi connectivity index (χ4n) is 1.77. The monoisotopic (exact) mass is 263 g/mol. The van der Waals surface area contributed by atoms with E-state index in [1.165, 1.54) is 0 Å². The first-order valence-corrected chi connectivity index (χ1v) is 7.65. The summed E-state index contributed by atoms with van der Waals surface area (Å²) < 4.78 is 16.7. The maximum Gasteiger partial charge on any atom is 0.166 e. The van der Waals surface area contributed by atoms with Gasteiger partial charge in [-0.3, -0.25) is 0 Å². The van der Waals surface area contributed by atoms with Gasteiger partial charge in [-0.05, 0) is 39.8 Å². The number of rotatable bonds is 9. The lowest BCUT2D eigenvalue weighted by atomic mass is 10.1. The molecule has 1 N–H and O–H groups in total. The summed E-state index contributed by atoms with van der Waals surface area (Å²) in [5.74, 6) is 1.58. The van der Waals surface area contributed by atoms with E-state index in [2.05, 4.69) is 5.32 Å². The molecule has 1 saturated heterocycles. The molecule has 0 aromatic rings. The molecule has 1 heterocycles. The summed E-state index contributed by atoms with van der Waals surface area (Å²) in [4.78, 5) is 0. The molecule has 0 atom stereocenters. The lowest BCUT2D eigenvalue weighted by molar-refractivity contribution is -0.120. The van der Waals surface area contributed by atoms with Gasteiger partial charge >= 0.3 is 0 Å². The molecule has 1 aliphatic heterocycles. The number of piperidine rings is 1. The Kier molecular flexibility index (Phi) is 9.10. The normalized spacial score (nSPS) is 17.8. The van der Waals surface area contributed by atoms with Crippen molar-refractivity contribution in [1.82, 2.24) is 5.32 Å². The van der Waals surface area contributed by atoms with E-state index in [0.29, 0.717) is 19.3 Å². The average Bonchev–Trinajstić information content (AvgIpc) is 2.36. The van der Waals surface area contributed by atoms with Crippen molar-refractivity contribution in [1.29, 1.82) is 0 Å². The van der Waals surface area contributed by atoms with E-state index in [1.54, 1.807) is 11.8 Å². The van der Waals surface area contributed by atoms with Crippen LogP contribution in [0.4, 0.5) is 0 Å². The van der Waals surface area contributed by atoms with Crippen LogP contribution in [0.5, 0.6) is 0 Å². The third-order valence-electron chi connectivity index (χ3n) is 2.63. The maximum absolute atomic E-state index is 5.80. The molecule has 102 valence electrons. The van der Waals surface area contributed by atoms with Crippen molar-refractivity contribution in [2.45, 2.75) is 39.1 Å². The van der Waals surface area contributed by atoms with Gasteiger partial charge in [0.05, 0.1) is 12.0 Å². The Balaban J connectivity index is 2.00. The minimum absolute atomic E-state index is 0.0911. The molecule has 0 aromatic heterocycles. The molecular weight excluding hydrogens is 238 g/mol. The molecule has 1 rings (SSSR count). The zero-order valence-electron chi connectivity index (χ0n) is 10.9. The van der Waals surface area contributed by atoms with E-state index in [0.717, 1.165) is 37.6 Å². The Bertz CT molecular complexity index is 171. The molecule has 4 nitrogen and oxygen atoms in total. The second kappa shape index (κ2) is 10.1. The lowest BCUT2D eigenvalue weighted by Crippen LogP contribution is -2.32. The molecule has 1 aliphatic rings. The molecule has 0 spiro atoms. The zero-order valence-corrected chi connectivity index (χ0v) is 11.8. The third kappa shape index (κ3) is 7.26. The minimum Gasteiger partial charge on any atom is -0.368 e. The highest BCUT2D eigenvalue weighted by molar-refractivity contribution is 7.99. The molecule has 0 bridgehead atoms. The van der Waals surface area contributed by atoms with Gasteiger partial charge in [0.1, 0.15) is 0 Å². The van der Waals surface area contributed by atoms with Crippen LogP contribution in [0, 0.1) is 0 Å². The topological polar surface area (TPSA) is 39.7 Å². The van der Waals surface area contributed by atoms with Crippen molar-refractivity contribution in [2.24, 2.45) is 0 Å². The number of thioether (sulfide) groups is 1. The molecule has 0 aromatic carbocycles. The molecule has 5 heteroatoms. The molecule has 0 unspecified atom stereocenters. The van der Waals surface area contributed by atoms with Crippen molar-refractivity contribution in [3.05, 3.63) is 0 Å². The van der Waals surface area contributed by atoms with Crippen LogP contribution in [0.25, 0.3) is 0 Å². The standard InChI is InChI=1S/C12H25NO3S/c1-3-14-12(15-4-2)9-17-10-16-11-5-7-13-8-6-11/h11-13H,3-10H2,1-2H3. The van der Waals surface area contributed by atoms with Crippen LogP contribution in [0.15, 0.2) is 0 Å². The summed E-state index contributed by atoms with van der Waals surface area (Å²) in [5, 5.41) is 3.33. The van der Waals surface area contributed by atoms with E-state index >= 15 is 0 Å². The Labute approximate surface area is 109 Å². The van der Waals surface area contributed by atoms with E-state index in [1.807, 2.05) is 13.8 Å². The Morgan fingerprint density at radius 3 is 2.41 bits per heavy atom. The molecule has 0 saturated carbocycles. The number of hydrogen-bond donors (Lipinski definition) is 1. The Hall–Kier alpha value is 0.190. The maximum atomic E-state index is 5.80. The molecule has 1 fully saturated rings. The van der Waals surface area contributed by atoms with Gasteiger partial charge in [-0.2, -0.15) is 0 Å². The van der Waals surface area contributed by atoms with Crippen LogP contribution in [-0.4, -0.2) is 50.4 Å². The zero-order chi connectivity index (χ0) is 12.3. The number of ether oxygens (including phenoxy) is 3. The molecule has 0 aliphatic carbocycles. The first kappa shape index (κ1) is 15.2. The van der Waals surface area contributed by atoms with Gasteiger partial charge < -0.3 is 19.5 Å². The third-order valence-corrected chi connectivity index (χ3v) is 3.44. The lowest BCUT2D eigenvalue weighted by Gasteiger charge is -2.23. The molecule has 0 amide bonds. The van der Waals surface area contributed by atoms with Crippen LogP contribution in [-0.2, 0) is 14.2 Å². The molecule has 0 radical (unpaired) electrons. The predicted molar refractivity (Wildman–Crippen MR) is 71.3 cm³/mol. The first-order valence-electron chi connectivity index (χ1n) is 6.50. The molecule has 17 heavy (non-hydrogen) atoms. The first-order chi connectivity index (χ1) is 8.36. The van der Waals surface area contributed by atoms with Gasteiger partial charge in [-0.1, -0.05) is 0 Å². The molecular formula is C12H25NO3S. The number of hydrogen-bond acceptors (Lipinski definition) is 5. The Morgan fingerprint density at radius 1 is 1.18 bits per heavy atom. The highest BCUT2D eigenvalue weighted by atomic mass is 32.2. The van der Waals surface area contributed by atoms with E-state index in [4.69, 9.17) is 14.2 Å². The van der Waals surface area contributed by atoms with Gasteiger partial charge in [0.2, 0.25) is 0 Å². The van der Waals surface area contributed by atoms with Gasteiger partial charge in [0.25, 0.3) is 0 Å². The van der Waals surface area contributed by atoms with E-state index in [-0.39, 0.29) is 6.29 Å². The van der Waals surface area contributed by atoms with Crippen molar-refractivity contribution in [3.63, 3.8) is 0 Å². The van der Waals surface area contributed by atoms with Crippen molar-refractivity contribution >= 4 is 11.8 Å². The second-order valence-corrected chi connectivity index (χ2v) is 4.92. The summed E-state index contributed by atoms with van der Waals surface area (Å²) in [6, 6.07) is 0. The summed E-state index contributed by atoms with van der Waals surface area (Å²) in [7, 11) is 0. The highest BCUT2D eigenvalue weighted by Crippen LogP contribution is 2.13.